The summed E-state index contributed by atoms with van der Waals surface area (Å²) in [7, 11) is 0. The second-order valence-corrected chi connectivity index (χ2v) is 7.25. The average Bonchev–Trinajstić information content (AvgIpc) is 2.73. The Morgan fingerprint density at radius 2 is 1.82 bits per heavy atom. The molecule has 0 spiro atoms. The summed E-state index contributed by atoms with van der Waals surface area (Å²) in [4.78, 5) is 12.1. The molecule has 1 aliphatic rings. The lowest BCUT2D eigenvalue weighted by Crippen LogP contribution is -2.88. The van der Waals surface area contributed by atoms with Crippen LogP contribution >= 0.6 is 0 Å². The number of quaternary nitrogens is 1. The van der Waals surface area contributed by atoms with Crippen molar-refractivity contribution in [3.05, 3.63) is 54.1 Å². The topological polar surface area (TPSA) is 64.2 Å². The highest BCUT2D eigenvalue weighted by atomic mass is 16.5. The number of rotatable bonds is 9. The van der Waals surface area contributed by atoms with Crippen LogP contribution in [0.3, 0.4) is 0 Å². The fraction of sp³-hybridized carbons (Fsp3) is 0.435. The molecule has 0 aromatic heterocycles. The zero-order valence-electron chi connectivity index (χ0n) is 16.7. The van der Waals surface area contributed by atoms with Crippen LogP contribution < -0.4 is 20.1 Å². The lowest BCUT2D eigenvalue weighted by Gasteiger charge is -2.20. The van der Waals surface area contributed by atoms with Crippen LogP contribution in [-0.2, 0) is 11.3 Å². The summed E-state index contributed by atoms with van der Waals surface area (Å²) in [6.45, 7) is 3.40. The predicted molar refractivity (Wildman–Crippen MR) is 111 cm³/mol. The first-order valence-electron chi connectivity index (χ1n) is 10.3. The van der Waals surface area contributed by atoms with Crippen molar-refractivity contribution in [1.82, 2.24) is 0 Å². The van der Waals surface area contributed by atoms with Gasteiger partial charge in [-0.2, -0.15) is 0 Å². The second kappa shape index (κ2) is 10.7. The lowest BCUT2D eigenvalue weighted by atomic mass is 9.95. The molecule has 1 fully saturated rings. The van der Waals surface area contributed by atoms with Crippen molar-refractivity contribution in [3.63, 3.8) is 0 Å². The van der Waals surface area contributed by atoms with Gasteiger partial charge in [0.2, 0.25) is 0 Å². The third-order valence-corrected chi connectivity index (χ3v) is 5.06. The maximum Gasteiger partial charge on any atom is 0.262 e. The van der Waals surface area contributed by atoms with Gasteiger partial charge < -0.3 is 20.1 Å². The van der Waals surface area contributed by atoms with Crippen molar-refractivity contribution in [2.75, 3.05) is 18.5 Å². The van der Waals surface area contributed by atoms with Crippen molar-refractivity contribution in [3.8, 4) is 11.5 Å². The van der Waals surface area contributed by atoms with Crippen molar-refractivity contribution >= 4 is 11.6 Å². The number of hydrogen-bond acceptors (Lipinski definition) is 3. The number of amides is 1. The van der Waals surface area contributed by atoms with E-state index in [0.29, 0.717) is 18.1 Å². The first-order chi connectivity index (χ1) is 13.7. The van der Waals surface area contributed by atoms with Gasteiger partial charge in [0.15, 0.2) is 18.1 Å². The van der Waals surface area contributed by atoms with Crippen LogP contribution in [0.15, 0.2) is 48.5 Å². The number of carbonyl (C=O) groups excluding carboxylic acids is 1. The SMILES string of the molecule is CCOc1cc(C[NH2+]C2CCCCC2)ccc1OCC(=O)Nc1ccccc1. The quantitative estimate of drug-likeness (QED) is 0.697. The van der Waals surface area contributed by atoms with E-state index >= 15 is 0 Å². The largest absolute Gasteiger partial charge is 0.490 e. The molecule has 0 heterocycles. The molecule has 0 saturated heterocycles. The van der Waals surface area contributed by atoms with Gasteiger partial charge in [0, 0.05) is 11.3 Å². The summed E-state index contributed by atoms with van der Waals surface area (Å²) < 4.78 is 11.5. The summed E-state index contributed by atoms with van der Waals surface area (Å²) in [6, 6.07) is 16.1. The van der Waals surface area contributed by atoms with E-state index in [4.69, 9.17) is 9.47 Å². The number of carbonyl (C=O) groups is 1. The third-order valence-electron chi connectivity index (χ3n) is 5.06. The highest BCUT2D eigenvalue weighted by Gasteiger charge is 2.16. The van der Waals surface area contributed by atoms with Gasteiger partial charge in [-0.25, -0.2) is 0 Å². The van der Waals surface area contributed by atoms with Gasteiger partial charge in [-0.1, -0.05) is 24.6 Å². The fourth-order valence-corrected chi connectivity index (χ4v) is 3.60. The van der Waals surface area contributed by atoms with E-state index in [1.54, 1.807) is 0 Å². The van der Waals surface area contributed by atoms with Crippen LogP contribution in [0.5, 0.6) is 11.5 Å². The molecular formula is C23H31N2O3+. The summed E-state index contributed by atoms with van der Waals surface area (Å²) in [5.41, 5.74) is 1.98. The molecule has 0 bridgehead atoms. The Labute approximate surface area is 167 Å². The zero-order valence-corrected chi connectivity index (χ0v) is 16.7. The van der Waals surface area contributed by atoms with E-state index in [1.807, 2.05) is 49.4 Å². The molecule has 1 saturated carbocycles. The number of nitrogens with two attached hydrogens (primary N) is 1. The molecule has 5 nitrogen and oxygen atoms in total. The molecule has 3 rings (SSSR count). The van der Waals surface area contributed by atoms with Gasteiger partial charge in [0.05, 0.1) is 12.6 Å². The van der Waals surface area contributed by atoms with Gasteiger partial charge in [-0.3, -0.25) is 4.79 Å². The number of nitrogens with one attached hydrogen (secondary N) is 1. The van der Waals surface area contributed by atoms with E-state index in [9.17, 15) is 4.79 Å². The van der Waals surface area contributed by atoms with Crippen LogP contribution in [0, 0.1) is 0 Å². The summed E-state index contributed by atoms with van der Waals surface area (Å²) in [5, 5.41) is 5.26. The molecule has 0 atom stereocenters. The normalized spacial score (nSPS) is 14.5. The minimum atomic E-state index is -0.191. The first-order valence-corrected chi connectivity index (χ1v) is 10.3. The van der Waals surface area contributed by atoms with Gasteiger partial charge >= 0.3 is 0 Å². The van der Waals surface area contributed by atoms with Gasteiger partial charge in [-0.15, -0.1) is 0 Å². The minimum absolute atomic E-state index is 0.0531. The van der Waals surface area contributed by atoms with Crippen molar-refractivity contribution in [2.45, 2.75) is 51.6 Å². The molecular weight excluding hydrogens is 352 g/mol. The monoisotopic (exact) mass is 383 g/mol. The first kappa shape index (κ1) is 20.2. The summed E-state index contributed by atoms with van der Waals surface area (Å²) >= 11 is 0. The highest BCUT2D eigenvalue weighted by Crippen LogP contribution is 2.28. The van der Waals surface area contributed by atoms with Gasteiger partial charge in [0.25, 0.3) is 5.91 Å². The Hall–Kier alpha value is -2.53. The van der Waals surface area contributed by atoms with Gasteiger partial charge in [0.1, 0.15) is 6.54 Å². The Kier molecular flexibility index (Phi) is 7.73. The summed E-state index contributed by atoms with van der Waals surface area (Å²) in [5.74, 6) is 1.11. The molecule has 5 heteroatoms. The van der Waals surface area contributed by atoms with Crippen molar-refractivity contribution in [1.29, 1.82) is 0 Å². The molecule has 2 aromatic carbocycles. The molecule has 1 amide bonds. The molecule has 1 aliphatic carbocycles. The molecule has 0 aliphatic heterocycles. The van der Waals surface area contributed by atoms with E-state index in [1.165, 1.54) is 37.7 Å². The number of ether oxygens (including phenoxy) is 2. The lowest BCUT2D eigenvalue weighted by molar-refractivity contribution is -0.706. The molecule has 150 valence electrons. The maximum absolute atomic E-state index is 12.1. The van der Waals surface area contributed by atoms with Crippen LogP contribution in [0.1, 0.15) is 44.6 Å². The average molecular weight is 384 g/mol. The molecule has 28 heavy (non-hydrogen) atoms. The van der Waals surface area contributed by atoms with Crippen LogP contribution in [0.2, 0.25) is 0 Å². The fourth-order valence-electron chi connectivity index (χ4n) is 3.60. The standard InChI is InChI=1S/C23H30N2O3/c1-2-27-22-15-18(16-24-19-9-5-3-6-10-19)13-14-21(22)28-17-23(26)25-20-11-7-4-8-12-20/h4,7-8,11-15,19,24H,2-3,5-6,9-10,16-17H2,1H3,(H,25,26)/p+1. The second-order valence-electron chi connectivity index (χ2n) is 7.25. The van der Waals surface area contributed by atoms with Crippen molar-refractivity contribution < 1.29 is 19.6 Å². The van der Waals surface area contributed by atoms with E-state index < -0.39 is 0 Å². The number of para-hydroxylation sites is 1. The molecule has 2 aromatic rings. The van der Waals surface area contributed by atoms with E-state index in [0.717, 1.165) is 18.3 Å². The molecule has 0 unspecified atom stereocenters. The van der Waals surface area contributed by atoms with Crippen molar-refractivity contribution in [2.24, 2.45) is 0 Å². The smallest absolute Gasteiger partial charge is 0.262 e. The molecule has 0 radical (unpaired) electrons. The highest BCUT2D eigenvalue weighted by molar-refractivity contribution is 5.91. The number of anilines is 1. The Morgan fingerprint density at radius 1 is 1.04 bits per heavy atom. The van der Waals surface area contributed by atoms with Crippen LogP contribution in [0.25, 0.3) is 0 Å². The van der Waals surface area contributed by atoms with E-state index in [2.05, 4.69) is 16.7 Å². The Bertz CT molecular complexity index is 743. The zero-order chi connectivity index (χ0) is 19.6. The summed E-state index contributed by atoms with van der Waals surface area (Å²) in [6.07, 6.45) is 6.71. The predicted octanol–water partition coefficient (Wildman–Crippen LogP) is 3.50. The van der Waals surface area contributed by atoms with Crippen LogP contribution in [0.4, 0.5) is 5.69 Å². The Balaban J connectivity index is 1.55. The number of benzene rings is 2. The van der Waals surface area contributed by atoms with Gasteiger partial charge in [-0.05, 0) is 62.9 Å². The number of hydrogen-bond donors (Lipinski definition) is 2. The minimum Gasteiger partial charge on any atom is -0.490 e. The van der Waals surface area contributed by atoms with E-state index in [-0.39, 0.29) is 12.5 Å². The maximum atomic E-state index is 12.1. The third kappa shape index (κ3) is 6.27. The molecule has 3 N–H and O–H groups in total. The Morgan fingerprint density at radius 3 is 2.57 bits per heavy atom. The van der Waals surface area contributed by atoms with Crippen LogP contribution in [-0.4, -0.2) is 25.2 Å².